The molecule has 2 heterocycles. The normalized spacial score (nSPS) is 11.1. The first-order valence-electron chi connectivity index (χ1n) is 8.92. The Labute approximate surface area is 167 Å². The lowest BCUT2D eigenvalue weighted by Gasteiger charge is -2.11. The second kappa shape index (κ2) is 9.71. The summed E-state index contributed by atoms with van der Waals surface area (Å²) in [5.74, 6) is 0.932. The van der Waals surface area contributed by atoms with E-state index in [1.54, 1.807) is 11.3 Å². The van der Waals surface area contributed by atoms with Crippen molar-refractivity contribution >= 4 is 29.1 Å². The highest BCUT2D eigenvalue weighted by Crippen LogP contribution is 2.21. The fourth-order valence-corrected chi connectivity index (χ4v) is 4.12. The third kappa shape index (κ3) is 5.94. The second-order valence-electron chi connectivity index (χ2n) is 6.37. The topological polar surface area (TPSA) is 57.0 Å². The number of benzene rings is 1. The molecule has 0 saturated carbocycles. The van der Waals surface area contributed by atoms with Gasteiger partial charge in [-0.15, -0.1) is 21.5 Å². The van der Waals surface area contributed by atoms with Gasteiger partial charge < -0.3 is 9.30 Å². The van der Waals surface area contributed by atoms with Crippen molar-refractivity contribution in [2.24, 2.45) is 0 Å². The van der Waals surface area contributed by atoms with Crippen LogP contribution in [0.1, 0.15) is 30.1 Å². The molecule has 0 amide bonds. The molecule has 0 aliphatic heterocycles. The highest BCUT2D eigenvalue weighted by atomic mass is 32.2. The minimum atomic E-state index is -0.229. The van der Waals surface area contributed by atoms with Crippen LogP contribution >= 0.6 is 23.1 Å². The first kappa shape index (κ1) is 19.6. The Morgan fingerprint density at radius 3 is 2.70 bits per heavy atom. The highest BCUT2D eigenvalue weighted by Gasteiger charge is 2.16. The van der Waals surface area contributed by atoms with E-state index in [0.29, 0.717) is 0 Å². The number of carbonyl (C=O) groups is 1. The summed E-state index contributed by atoms with van der Waals surface area (Å²) in [5.41, 5.74) is 1.27. The molecule has 27 heavy (non-hydrogen) atoms. The second-order valence-corrected chi connectivity index (χ2v) is 8.34. The lowest BCUT2D eigenvalue weighted by atomic mass is 10.1. The van der Waals surface area contributed by atoms with Crippen molar-refractivity contribution in [3.8, 4) is 0 Å². The zero-order valence-corrected chi connectivity index (χ0v) is 17.1. The van der Waals surface area contributed by atoms with Gasteiger partial charge in [-0.3, -0.25) is 4.79 Å². The van der Waals surface area contributed by atoms with Gasteiger partial charge in [-0.2, -0.15) is 0 Å². The SMILES string of the molecule is CC(C)OC(=O)CSc1nnc(Cc2cccs2)n1CCc1ccccc1. The van der Waals surface area contributed by atoms with E-state index in [2.05, 4.69) is 38.3 Å². The molecule has 0 fully saturated rings. The summed E-state index contributed by atoms with van der Waals surface area (Å²) in [7, 11) is 0. The van der Waals surface area contributed by atoms with Gasteiger partial charge in [0.15, 0.2) is 5.16 Å². The number of carbonyl (C=O) groups excluding carboxylic acids is 1. The average molecular weight is 402 g/mol. The first-order chi connectivity index (χ1) is 13.1. The summed E-state index contributed by atoms with van der Waals surface area (Å²) in [5, 5.41) is 11.6. The van der Waals surface area contributed by atoms with Crippen LogP contribution in [-0.2, 0) is 28.9 Å². The van der Waals surface area contributed by atoms with Gasteiger partial charge in [0.25, 0.3) is 0 Å². The van der Waals surface area contributed by atoms with E-state index in [9.17, 15) is 4.79 Å². The number of hydrogen-bond donors (Lipinski definition) is 0. The van der Waals surface area contributed by atoms with Crippen LogP contribution in [0.15, 0.2) is 53.0 Å². The van der Waals surface area contributed by atoms with Crippen LogP contribution < -0.4 is 0 Å². The summed E-state index contributed by atoms with van der Waals surface area (Å²) >= 11 is 3.10. The molecule has 142 valence electrons. The predicted molar refractivity (Wildman–Crippen MR) is 109 cm³/mol. The minimum absolute atomic E-state index is 0.108. The monoisotopic (exact) mass is 401 g/mol. The Morgan fingerprint density at radius 2 is 2.00 bits per heavy atom. The van der Waals surface area contributed by atoms with Crippen LogP contribution in [0.5, 0.6) is 0 Å². The van der Waals surface area contributed by atoms with Crippen LogP contribution in [0, 0.1) is 0 Å². The van der Waals surface area contributed by atoms with Gasteiger partial charge in [-0.25, -0.2) is 0 Å². The molecule has 0 saturated heterocycles. The highest BCUT2D eigenvalue weighted by molar-refractivity contribution is 7.99. The lowest BCUT2D eigenvalue weighted by molar-refractivity contribution is -0.144. The fraction of sp³-hybridized carbons (Fsp3) is 0.350. The molecule has 0 spiro atoms. The van der Waals surface area contributed by atoms with Crippen LogP contribution in [0.25, 0.3) is 0 Å². The molecular formula is C20H23N3O2S2. The van der Waals surface area contributed by atoms with Gasteiger partial charge >= 0.3 is 5.97 Å². The lowest BCUT2D eigenvalue weighted by Crippen LogP contribution is -2.14. The smallest absolute Gasteiger partial charge is 0.316 e. The Morgan fingerprint density at radius 1 is 1.19 bits per heavy atom. The van der Waals surface area contributed by atoms with Crippen LogP contribution in [0.2, 0.25) is 0 Å². The number of aryl methyl sites for hydroxylation is 1. The van der Waals surface area contributed by atoms with Crippen molar-refractivity contribution in [3.05, 3.63) is 64.1 Å². The van der Waals surface area contributed by atoms with Crippen molar-refractivity contribution in [2.75, 3.05) is 5.75 Å². The molecule has 3 aromatic rings. The third-order valence-corrected chi connectivity index (χ3v) is 5.68. The summed E-state index contributed by atoms with van der Waals surface area (Å²) in [6.07, 6.45) is 1.53. The van der Waals surface area contributed by atoms with Crippen molar-refractivity contribution in [2.45, 2.75) is 44.5 Å². The summed E-state index contributed by atoms with van der Waals surface area (Å²) in [6.45, 7) is 4.48. The zero-order valence-electron chi connectivity index (χ0n) is 15.5. The summed E-state index contributed by atoms with van der Waals surface area (Å²) < 4.78 is 7.34. The quantitative estimate of drug-likeness (QED) is 0.397. The predicted octanol–water partition coefficient (Wildman–Crippen LogP) is 4.22. The maximum Gasteiger partial charge on any atom is 0.316 e. The number of esters is 1. The number of aromatic nitrogens is 3. The fourth-order valence-electron chi connectivity index (χ4n) is 2.66. The van der Waals surface area contributed by atoms with Gasteiger partial charge in [-0.1, -0.05) is 48.2 Å². The molecule has 0 N–H and O–H groups in total. The summed E-state index contributed by atoms with van der Waals surface area (Å²) in [6, 6.07) is 14.5. The van der Waals surface area contributed by atoms with Gasteiger partial charge in [0, 0.05) is 17.8 Å². The Bertz CT molecular complexity index is 846. The minimum Gasteiger partial charge on any atom is -0.462 e. The molecule has 0 radical (unpaired) electrons. The molecular weight excluding hydrogens is 378 g/mol. The molecule has 7 heteroatoms. The van der Waals surface area contributed by atoms with E-state index in [1.807, 2.05) is 38.1 Å². The number of thiophene rings is 1. The van der Waals surface area contributed by atoms with Gasteiger partial charge in [0.05, 0.1) is 11.9 Å². The van der Waals surface area contributed by atoms with E-state index in [-0.39, 0.29) is 17.8 Å². The Hall–Kier alpha value is -2.12. The molecule has 3 rings (SSSR count). The molecule has 0 atom stereocenters. The molecule has 0 aliphatic rings. The third-order valence-electron chi connectivity index (χ3n) is 3.86. The number of rotatable bonds is 9. The molecule has 0 bridgehead atoms. The van der Waals surface area contributed by atoms with Crippen molar-refractivity contribution < 1.29 is 9.53 Å². The molecule has 5 nitrogen and oxygen atoms in total. The van der Waals surface area contributed by atoms with Crippen molar-refractivity contribution in [1.82, 2.24) is 14.8 Å². The largest absolute Gasteiger partial charge is 0.462 e. The Kier molecular flexibility index (Phi) is 7.06. The number of thioether (sulfide) groups is 1. The van der Waals surface area contributed by atoms with Crippen LogP contribution in [-0.4, -0.2) is 32.6 Å². The van der Waals surface area contributed by atoms with Crippen molar-refractivity contribution in [1.29, 1.82) is 0 Å². The van der Waals surface area contributed by atoms with E-state index in [1.165, 1.54) is 22.2 Å². The first-order valence-corrected chi connectivity index (χ1v) is 10.8. The van der Waals surface area contributed by atoms with Gasteiger partial charge in [0.1, 0.15) is 5.82 Å². The standard InChI is InChI=1S/C20H23N3O2S2/c1-15(2)25-19(24)14-27-20-22-21-18(13-17-9-6-12-26-17)23(20)11-10-16-7-4-3-5-8-16/h3-9,12,15H,10-11,13-14H2,1-2H3. The van der Waals surface area contributed by atoms with E-state index in [0.717, 1.165) is 30.4 Å². The van der Waals surface area contributed by atoms with Gasteiger partial charge in [-0.05, 0) is 37.3 Å². The zero-order chi connectivity index (χ0) is 19.1. The Balaban J connectivity index is 1.73. The van der Waals surface area contributed by atoms with E-state index >= 15 is 0 Å². The molecule has 0 unspecified atom stereocenters. The maximum absolute atomic E-state index is 11.9. The van der Waals surface area contributed by atoms with Crippen LogP contribution in [0.3, 0.4) is 0 Å². The van der Waals surface area contributed by atoms with Crippen molar-refractivity contribution in [3.63, 3.8) is 0 Å². The number of nitrogens with zero attached hydrogens (tertiary/aromatic N) is 3. The molecule has 1 aromatic carbocycles. The van der Waals surface area contributed by atoms with Gasteiger partial charge in [0.2, 0.25) is 0 Å². The summed E-state index contributed by atoms with van der Waals surface area (Å²) in [4.78, 5) is 13.1. The average Bonchev–Trinajstić information content (AvgIpc) is 3.29. The van der Waals surface area contributed by atoms with E-state index in [4.69, 9.17) is 4.74 Å². The number of hydrogen-bond acceptors (Lipinski definition) is 6. The molecule has 0 aliphatic carbocycles. The number of ether oxygens (including phenoxy) is 1. The van der Waals surface area contributed by atoms with Crippen LogP contribution in [0.4, 0.5) is 0 Å². The maximum atomic E-state index is 11.9. The van der Waals surface area contributed by atoms with E-state index < -0.39 is 0 Å². The molecule has 2 aromatic heterocycles.